The van der Waals surface area contributed by atoms with Gasteiger partial charge in [-0.25, -0.2) is 9.97 Å². The molecule has 0 aliphatic rings. The average Bonchev–Trinajstić information content (AvgIpc) is 4.01. The van der Waals surface area contributed by atoms with Crippen molar-refractivity contribution < 1.29 is 0 Å². The predicted molar refractivity (Wildman–Crippen MR) is 277 cm³/mol. The summed E-state index contributed by atoms with van der Waals surface area (Å²) in [5, 5.41) is 0.682. The minimum Gasteiger partial charge on any atom is -0.299 e. The number of hydrogen-bond acceptors (Lipinski definition) is 2. The van der Waals surface area contributed by atoms with Gasteiger partial charge >= 0.3 is 0 Å². The van der Waals surface area contributed by atoms with Crippen LogP contribution in [0, 0.1) is 11.8 Å². The van der Waals surface area contributed by atoms with Crippen LogP contribution in [-0.4, -0.2) is 19.1 Å². The van der Waals surface area contributed by atoms with Gasteiger partial charge < -0.3 is 0 Å². The highest BCUT2D eigenvalue weighted by atomic mass is 35.5. The molecule has 0 spiro atoms. The summed E-state index contributed by atoms with van der Waals surface area (Å²) in [4.78, 5) is 9.75. The molecular formula is C60H59ClN4. The topological polar surface area (TPSA) is 35.6 Å². The fraction of sp³-hybridized carbons (Fsp3) is 0.200. The first kappa shape index (κ1) is 44.8. The first-order chi connectivity index (χ1) is 31.4. The normalized spacial score (nSPS) is 12.1. The molecule has 0 amide bonds. The number of imidazole rings is 2. The molecule has 2 heterocycles. The van der Waals surface area contributed by atoms with Gasteiger partial charge in [0, 0.05) is 40.9 Å². The molecule has 8 aromatic rings. The number of allylic oxidation sites excluding steroid dienone is 4. The predicted octanol–water partition coefficient (Wildman–Crippen LogP) is 17.2. The Labute approximate surface area is 391 Å². The van der Waals surface area contributed by atoms with Gasteiger partial charge in [-0.1, -0.05) is 201 Å². The van der Waals surface area contributed by atoms with E-state index in [-0.39, 0.29) is 11.8 Å². The molecule has 0 atom stereocenters. The van der Waals surface area contributed by atoms with Gasteiger partial charge in [-0.05, 0) is 109 Å². The molecule has 5 heteroatoms. The molecule has 0 aliphatic heterocycles. The Bertz CT molecular complexity index is 3000. The van der Waals surface area contributed by atoms with E-state index < -0.39 is 0 Å². The van der Waals surface area contributed by atoms with E-state index in [1.165, 1.54) is 16.8 Å². The Morgan fingerprint density at radius 2 is 0.969 bits per heavy atom. The summed E-state index contributed by atoms with van der Waals surface area (Å²) in [6.07, 6.45) is 9.86. The van der Waals surface area contributed by atoms with Gasteiger partial charge in [0.25, 0.3) is 0 Å². The van der Waals surface area contributed by atoms with Crippen LogP contribution < -0.4 is 0 Å². The summed E-state index contributed by atoms with van der Waals surface area (Å²) in [6.45, 7) is 26.5. The van der Waals surface area contributed by atoms with Gasteiger partial charge in [0.15, 0.2) is 0 Å². The van der Waals surface area contributed by atoms with Gasteiger partial charge in [0.1, 0.15) is 11.6 Å². The maximum Gasteiger partial charge on any atom is 0.144 e. The first-order valence-corrected chi connectivity index (χ1v) is 23.2. The SMILES string of the molecule is C=C/C(=C(\C(=C)C(C)C)n1ccnc1-c1ccc(-c2ccccc2-c2cc(Cl)cc(-c3ccccc3-c3ccc(-c4nccn4-c4c(C(C)C)cccc4C(C)C)cc3)c2)cc1)C(C)C. The molecule has 8 rings (SSSR count). The lowest BCUT2D eigenvalue weighted by Crippen LogP contribution is -2.10. The molecule has 65 heavy (non-hydrogen) atoms. The van der Waals surface area contributed by atoms with Crippen molar-refractivity contribution in [2.75, 3.05) is 0 Å². The van der Waals surface area contributed by atoms with E-state index in [1.807, 2.05) is 24.7 Å². The van der Waals surface area contributed by atoms with Crippen molar-refractivity contribution >= 4 is 17.3 Å². The van der Waals surface area contributed by atoms with Gasteiger partial charge in [0.2, 0.25) is 0 Å². The van der Waals surface area contributed by atoms with Crippen LogP contribution in [0.5, 0.6) is 0 Å². The van der Waals surface area contributed by atoms with Crippen molar-refractivity contribution in [3.05, 3.63) is 205 Å². The summed E-state index contributed by atoms with van der Waals surface area (Å²) < 4.78 is 4.45. The molecule has 0 radical (unpaired) electrons. The van der Waals surface area contributed by atoms with E-state index in [2.05, 4.69) is 217 Å². The van der Waals surface area contributed by atoms with Gasteiger partial charge in [-0.2, -0.15) is 0 Å². The number of hydrogen-bond donors (Lipinski definition) is 0. The summed E-state index contributed by atoms with van der Waals surface area (Å²) in [7, 11) is 0. The molecule has 6 aromatic carbocycles. The van der Waals surface area contributed by atoms with Crippen molar-refractivity contribution in [3.63, 3.8) is 0 Å². The van der Waals surface area contributed by atoms with Crippen molar-refractivity contribution in [1.29, 1.82) is 0 Å². The van der Waals surface area contributed by atoms with Crippen LogP contribution in [0.2, 0.25) is 5.02 Å². The monoisotopic (exact) mass is 870 g/mol. The third-order valence-corrected chi connectivity index (χ3v) is 12.7. The maximum atomic E-state index is 7.03. The van der Waals surface area contributed by atoms with Crippen molar-refractivity contribution in [2.24, 2.45) is 11.8 Å². The zero-order valence-corrected chi connectivity index (χ0v) is 39.7. The zero-order valence-electron chi connectivity index (χ0n) is 39.0. The molecular weight excluding hydrogens is 812 g/mol. The lowest BCUT2D eigenvalue weighted by Gasteiger charge is -2.23. The van der Waals surface area contributed by atoms with Crippen LogP contribution in [0.25, 0.3) is 78.7 Å². The molecule has 0 unspecified atom stereocenters. The Kier molecular flexibility index (Phi) is 13.2. The third-order valence-electron chi connectivity index (χ3n) is 12.5. The number of nitrogens with zero attached hydrogens (tertiary/aromatic N) is 4. The van der Waals surface area contributed by atoms with E-state index in [1.54, 1.807) is 0 Å². The quantitative estimate of drug-likeness (QED) is 0.102. The zero-order chi connectivity index (χ0) is 45.9. The molecule has 0 saturated carbocycles. The lowest BCUT2D eigenvalue weighted by atomic mass is 9.90. The minimum absolute atomic E-state index is 0.263. The number of aromatic nitrogens is 4. The van der Waals surface area contributed by atoms with Crippen LogP contribution in [0.15, 0.2) is 189 Å². The van der Waals surface area contributed by atoms with E-state index in [0.717, 1.165) is 84.1 Å². The second-order valence-electron chi connectivity index (χ2n) is 18.2. The van der Waals surface area contributed by atoms with E-state index in [0.29, 0.717) is 16.9 Å². The molecule has 0 aliphatic carbocycles. The Morgan fingerprint density at radius 3 is 1.43 bits per heavy atom. The standard InChI is InChI=1S/C60H59ClN4/c1-11-50(39(4)5)57(42(10)38(2)3)64-33-31-62-59(64)45-27-23-43(24-28-45)53-17-12-14-19-55(53)47-35-48(37-49(61)36-47)56-20-15-13-18-54(56)44-25-29-46(30-26-44)60-63-32-34-65(60)58-51(40(6)7)21-16-22-52(58)41(8)9/h11-41H,1,10H2,2-9H3/b57-50-. The highest BCUT2D eigenvalue weighted by Crippen LogP contribution is 2.41. The average molecular weight is 872 g/mol. The highest BCUT2D eigenvalue weighted by Gasteiger charge is 2.22. The van der Waals surface area contributed by atoms with E-state index in [4.69, 9.17) is 21.6 Å². The highest BCUT2D eigenvalue weighted by molar-refractivity contribution is 6.31. The summed E-state index contributed by atoms with van der Waals surface area (Å²) in [5.41, 5.74) is 18.0. The molecule has 0 bridgehead atoms. The fourth-order valence-electron chi connectivity index (χ4n) is 9.01. The largest absolute Gasteiger partial charge is 0.299 e. The van der Waals surface area contributed by atoms with Crippen LogP contribution >= 0.6 is 11.6 Å². The fourth-order valence-corrected chi connectivity index (χ4v) is 9.25. The van der Waals surface area contributed by atoms with E-state index in [9.17, 15) is 0 Å². The lowest BCUT2D eigenvalue weighted by molar-refractivity contribution is 0.756. The number of halogens is 1. The smallest absolute Gasteiger partial charge is 0.144 e. The minimum atomic E-state index is 0.263. The molecule has 0 saturated heterocycles. The Morgan fingerprint density at radius 1 is 0.523 bits per heavy atom. The van der Waals surface area contributed by atoms with E-state index >= 15 is 0 Å². The Balaban J connectivity index is 1.12. The number of rotatable bonds is 14. The summed E-state index contributed by atoms with van der Waals surface area (Å²) in [6, 6.07) is 47.7. The Hall–Kier alpha value is -6.75. The molecule has 4 nitrogen and oxygen atoms in total. The molecule has 0 N–H and O–H groups in total. The van der Waals surface area contributed by atoms with Crippen molar-refractivity contribution in [1.82, 2.24) is 19.1 Å². The van der Waals surface area contributed by atoms with Crippen molar-refractivity contribution in [3.8, 4) is 73.0 Å². The molecule has 326 valence electrons. The van der Waals surface area contributed by atoms with Crippen LogP contribution in [0.1, 0.15) is 78.4 Å². The summed E-state index contributed by atoms with van der Waals surface area (Å²) in [5.74, 6) is 3.09. The first-order valence-electron chi connectivity index (χ1n) is 22.8. The van der Waals surface area contributed by atoms with Crippen LogP contribution in [0.4, 0.5) is 0 Å². The van der Waals surface area contributed by atoms with Gasteiger partial charge in [-0.3, -0.25) is 9.13 Å². The molecule has 2 aromatic heterocycles. The summed E-state index contributed by atoms with van der Waals surface area (Å²) >= 11 is 7.03. The second kappa shape index (κ2) is 19.2. The maximum absolute atomic E-state index is 7.03. The van der Waals surface area contributed by atoms with Gasteiger partial charge in [0.05, 0.1) is 11.4 Å². The van der Waals surface area contributed by atoms with Crippen molar-refractivity contribution in [2.45, 2.75) is 67.2 Å². The van der Waals surface area contributed by atoms with Crippen LogP contribution in [0.3, 0.4) is 0 Å². The number of para-hydroxylation sites is 1. The third kappa shape index (κ3) is 9.01. The van der Waals surface area contributed by atoms with Crippen LogP contribution in [-0.2, 0) is 0 Å². The second-order valence-corrected chi connectivity index (χ2v) is 18.6. The number of benzene rings is 6. The van der Waals surface area contributed by atoms with Gasteiger partial charge in [-0.15, -0.1) is 0 Å². The molecule has 0 fully saturated rings.